The fraction of sp³-hybridized carbons (Fsp3) is 0.385. The second kappa shape index (κ2) is 5.02. The molecule has 0 spiro atoms. The van der Waals surface area contributed by atoms with E-state index >= 15 is 0 Å². The smallest absolute Gasteiger partial charge is 0.0465 e. The van der Waals surface area contributed by atoms with E-state index in [0.717, 1.165) is 23.9 Å². The predicted octanol–water partition coefficient (Wildman–Crippen LogP) is 3.82. The first-order valence-corrected chi connectivity index (χ1v) is 6.27. The summed E-state index contributed by atoms with van der Waals surface area (Å²) < 4.78 is 6.23. The van der Waals surface area contributed by atoms with Gasteiger partial charge >= 0.3 is 0 Å². The van der Waals surface area contributed by atoms with Crippen LogP contribution in [0.25, 0.3) is 10.9 Å². The molecule has 3 heteroatoms. The summed E-state index contributed by atoms with van der Waals surface area (Å²) in [5.41, 5.74) is 3.89. The Morgan fingerprint density at radius 1 is 1.38 bits per heavy atom. The highest BCUT2D eigenvalue weighted by atomic mass is 79.9. The summed E-state index contributed by atoms with van der Waals surface area (Å²) in [5, 5.41) is 1.32. The Kier molecular flexibility index (Phi) is 3.66. The molecule has 1 N–H and O–H groups in total. The second-order valence-electron chi connectivity index (χ2n) is 4.01. The number of fused-ring (bicyclic) bond motifs is 1. The van der Waals surface area contributed by atoms with E-state index in [0.29, 0.717) is 0 Å². The SMILES string of the molecule is COCCCc1c(C)[nH]c2ccc(Br)cc12. The van der Waals surface area contributed by atoms with Crippen molar-refractivity contribution in [3.63, 3.8) is 0 Å². The van der Waals surface area contributed by atoms with Crippen LogP contribution in [0.15, 0.2) is 22.7 Å². The summed E-state index contributed by atoms with van der Waals surface area (Å²) in [6.45, 7) is 2.95. The van der Waals surface area contributed by atoms with Crippen LogP contribution in [0.4, 0.5) is 0 Å². The van der Waals surface area contributed by atoms with E-state index in [-0.39, 0.29) is 0 Å². The van der Waals surface area contributed by atoms with Gasteiger partial charge in [0.1, 0.15) is 0 Å². The molecule has 0 aliphatic rings. The van der Waals surface area contributed by atoms with Crippen molar-refractivity contribution in [1.29, 1.82) is 0 Å². The summed E-state index contributed by atoms with van der Waals surface area (Å²) >= 11 is 3.52. The van der Waals surface area contributed by atoms with Gasteiger partial charge in [-0.2, -0.15) is 0 Å². The van der Waals surface area contributed by atoms with Crippen molar-refractivity contribution in [2.45, 2.75) is 19.8 Å². The van der Waals surface area contributed by atoms with Gasteiger partial charge in [0.25, 0.3) is 0 Å². The lowest BCUT2D eigenvalue weighted by Crippen LogP contribution is -1.93. The molecule has 0 saturated heterocycles. The number of aromatic nitrogens is 1. The summed E-state index contributed by atoms with van der Waals surface area (Å²) in [6, 6.07) is 6.37. The summed E-state index contributed by atoms with van der Waals surface area (Å²) in [4.78, 5) is 3.42. The number of nitrogens with one attached hydrogen (secondary N) is 1. The van der Waals surface area contributed by atoms with E-state index in [2.05, 4.69) is 46.0 Å². The van der Waals surface area contributed by atoms with Gasteiger partial charge in [-0.05, 0) is 43.5 Å². The average molecular weight is 282 g/mol. The first kappa shape index (κ1) is 11.7. The van der Waals surface area contributed by atoms with Crippen LogP contribution in [0, 0.1) is 6.92 Å². The molecule has 86 valence electrons. The minimum absolute atomic E-state index is 0.820. The van der Waals surface area contributed by atoms with Gasteiger partial charge in [0.2, 0.25) is 0 Å². The van der Waals surface area contributed by atoms with Crippen LogP contribution in [0.2, 0.25) is 0 Å². The van der Waals surface area contributed by atoms with Crippen molar-refractivity contribution in [3.05, 3.63) is 33.9 Å². The van der Waals surface area contributed by atoms with Crippen LogP contribution in [0.1, 0.15) is 17.7 Å². The molecule has 0 aliphatic heterocycles. The number of benzene rings is 1. The lowest BCUT2D eigenvalue weighted by atomic mass is 10.1. The maximum atomic E-state index is 5.10. The van der Waals surface area contributed by atoms with Crippen molar-refractivity contribution in [2.24, 2.45) is 0 Å². The molecule has 0 unspecified atom stereocenters. The predicted molar refractivity (Wildman–Crippen MR) is 70.9 cm³/mol. The zero-order chi connectivity index (χ0) is 11.5. The van der Waals surface area contributed by atoms with E-state index in [1.54, 1.807) is 7.11 Å². The number of halogens is 1. The lowest BCUT2D eigenvalue weighted by molar-refractivity contribution is 0.195. The zero-order valence-corrected chi connectivity index (χ0v) is 11.2. The van der Waals surface area contributed by atoms with Gasteiger partial charge < -0.3 is 9.72 Å². The Hall–Kier alpha value is -0.800. The monoisotopic (exact) mass is 281 g/mol. The fourth-order valence-electron chi connectivity index (χ4n) is 2.07. The third-order valence-corrected chi connectivity index (χ3v) is 3.35. The molecule has 1 aromatic heterocycles. The van der Waals surface area contributed by atoms with Gasteiger partial charge in [-0.15, -0.1) is 0 Å². The van der Waals surface area contributed by atoms with Gasteiger partial charge in [-0.1, -0.05) is 15.9 Å². The normalized spacial score (nSPS) is 11.2. The summed E-state index contributed by atoms with van der Waals surface area (Å²) in [7, 11) is 1.75. The Morgan fingerprint density at radius 3 is 2.94 bits per heavy atom. The maximum Gasteiger partial charge on any atom is 0.0465 e. The maximum absolute atomic E-state index is 5.10. The molecule has 1 aromatic carbocycles. The number of aryl methyl sites for hydroxylation is 2. The second-order valence-corrected chi connectivity index (χ2v) is 4.93. The van der Waals surface area contributed by atoms with Crippen molar-refractivity contribution in [2.75, 3.05) is 13.7 Å². The van der Waals surface area contributed by atoms with Crippen LogP contribution in [-0.2, 0) is 11.2 Å². The number of hydrogen-bond donors (Lipinski definition) is 1. The van der Waals surface area contributed by atoms with E-state index in [1.165, 1.54) is 22.2 Å². The molecule has 0 atom stereocenters. The molecular formula is C13H16BrNO. The Labute approximate surface area is 104 Å². The third-order valence-electron chi connectivity index (χ3n) is 2.86. The first-order chi connectivity index (χ1) is 7.72. The van der Waals surface area contributed by atoms with Gasteiger partial charge in [-0.3, -0.25) is 0 Å². The molecule has 0 saturated carbocycles. The van der Waals surface area contributed by atoms with Gasteiger partial charge in [0, 0.05) is 34.8 Å². The molecule has 1 heterocycles. The van der Waals surface area contributed by atoms with E-state index in [1.807, 2.05) is 0 Å². The van der Waals surface area contributed by atoms with E-state index in [4.69, 9.17) is 4.74 Å². The molecule has 0 bridgehead atoms. The van der Waals surface area contributed by atoms with Crippen LogP contribution < -0.4 is 0 Å². The number of H-pyrrole nitrogens is 1. The number of aromatic amines is 1. The van der Waals surface area contributed by atoms with Gasteiger partial charge in [0.05, 0.1) is 0 Å². The molecule has 0 radical (unpaired) electrons. The van der Waals surface area contributed by atoms with E-state index < -0.39 is 0 Å². The molecule has 2 aromatic rings. The first-order valence-electron chi connectivity index (χ1n) is 5.48. The van der Waals surface area contributed by atoms with Crippen molar-refractivity contribution in [3.8, 4) is 0 Å². The molecule has 16 heavy (non-hydrogen) atoms. The van der Waals surface area contributed by atoms with Crippen LogP contribution >= 0.6 is 15.9 Å². The summed E-state index contributed by atoms with van der Waals surface area (Å²) in [5.74, 6) is 0. The van der Waals surface area contributed by atoms with Gasteiger partial charge in [0.15, 0.2) is 0 Å². The Morgan fingerprint density at radius 2 is 2.19 bits per heavy atom. The number of methoxy groups -OCH3 is 1. The molecule has 0 fully saturated rings. The highest BCUT2D eigenvalue weighted by Crippen LogP contribution is 2.26. The van der Waals surface area contributed by atoms with E-state index in [9.17, 15) is 0 Å². The van der Waals surface area contributed by atoms with Crippen LogP contribution in [0.5, 0.6) is 0 Å². The molecular weight excluding hydrogens is 266 g/mol. The minimum atomic E-state index is 0.820. The molecule has 2 rings (SSSR count). The quantitative estimate of drug-likeness (QED) is 0.847. The summed E-state index contributed by atoms with van der Waals surface area (Å²) in [6.07, 6.45) is 2.13. The highest BCUT2D eigenvalue weighted by Gasteiger charge is 2.08. The van der Waals surface area contributed by atoms with Gasteiger partial charge in [-0.25, -0.2) is 0 Å². The van der Waals surface area contributed by atoms with Crippen molar-refractivity contribution < 1.29 is 4.74 Å². The average Bonchev–Trinajstić information content (AvgIpc) is 2.56. The number of ether oxygens (including phenoxy) is 1. The van der Waals surface area contributed by atoms with Crippen LogP contribution in [-0.4, -0.2) is 18.7 Å². The zero-order valence-electron chi connectivity index (χ0n) is 9.64. The fourth-order valence-corrected chi connectivity index (χ4v) is 2.43. The largest absolute Gasteiger partial charge is 0.385 e. The Balaban J connectivity index is 2.34. The minimum Gasteiger partial charge on any atom is -0.385 e. The topological polar surface area (TPSA) is 25.0 Å². The third kappa shape index (κ3) is 2.30. The molecule has 2 nitrogen and oxygen atoms in total. The van der Waals surface area contributed by atoms with Crippen LogP contribution in [0.3, 0.4) is 0 Å². The Bertz CT molecular complexity index is 490. The standard InChI is InChI=1S/C13H16BrNO/c1-9-11(4-3-7-16-2)12-8-10(14)5-6-13(12)15-9/h5-6,8,15H,3-4,7H2,1-2H3. The lowest BCUT2D eigenvalue weighted by Gasteiger charge is -2.01. The highest BCUT2D eigenvalue weighted by molar-refractivity contribution is 9.10. The number of rotatable bonds is 4. The number of hydrogen-bond acceptors (Lipinski definition) is 1. The molecule has 0 aliphatic carbocycles. The molecule has 0 amide bonds. The van der Waals surface area contributed by atoms with Crippen molar-refractivity contribution >= 4 is 26.8 Å². The van der Waals surface area contributed by atoms with Crippen molar-refractivity contribution in [1.82, 2.24) is 4.98 Å².